The Kier molecular flexibility index (Phi) is 4.02. The van der Waals surface area contributed by atoms with Gasteiger partial charge in [-0.3, -0.25) is 0 Å². The van der Waals surface area contributed by atoms with Crippen molar-refractivity contribution >= 4 is 17.3 Å². The number of methoxy groups -OCH3 is 1. The smallest absolute Gasteiger partial charge is 0.147 e. The van der Waals surface area contributed by atoms with Gasteiger partial charge in [0.1, 0.15) is 11.6 Å². The van der Waals surface area contributed by atoms with Crippen LogP contribution in [-0.4, -0.2) is 13.2 Å². The predicted molar refractivity (Wildman–Crippen MR) is 83.8 cm³/mol. The summed E-state index contributed by atoms with van der Waals surface area (Å²) in [7, 11) is 1.69. The topological polar surface area (TPSA) is 21.3 Å². The third kappa shape index (κ3) is 2.84. The lowest BCUT2D eigenvalue weighted by Crippen LogP contribution is -2.34. The molecule has 0 unspecified atom stereocenters. The number of nitrogens with one attached hydrogen (secondary N) is 1. The van der Waals surface area contributed by atoms with Gasteiger partial charge in [-0.15, -0.1) is 0 Å². The summed E-state index contributed by atoms with van der Waals surface area (Å²) in [4.78, 5) is 0. The van der Waals surface area contributed by atoms with Gasteiger partial charge in [0.15, 0.2) is 0 Å². The van der Waals surface area contributed by atoms with E-state index in [-0.39, 0.29) is 11.9 Å². The van der Waals surface area contributed by atoms with Crippen molar-refractivity contribution in [3.63, 3.8) is 0 Å². The van der Waals surface area contributed by atoms with Crippen LogP contribution in [0.4, 0.5) is 10.1 Å². The highest BCUT2D eigenvalue weighted by Gasteiger charge is 2.32. The number of benzene rings is 2. The fraction of sp³-hybridized carbons (Fsp3) is 0.294. The fourth-order valence-corrected chi connectivity index (χ4v) is 3.05. The largest absolute Gasteiger partial charge is 0.496 e. The molecular weight excluding hydrogens is 289 g/mol. The van der Waals surface area contributed by atoms with Crippen LogP contribution in [0.5, 0.6) is 5.75 Å². The molecule has 4 heteroatoms. The molecule has 1 saturated carbocycles. The van der Waals surface area contributed by atoms with E-state index < -0.39 is 0 Å². The normalized spacial score (nSPS) is 20.7. The number of hydrogen-bond donors (Lipinski definition) is 1. The minimum Gasteiger partial charge on any atom is -0.496 e. The van der Waals surface area contributed by atoms with Gasteiger partial charge in [-0.1, -0.05) is 35.9 Å². The highest BCUT2D eigenvalue weighted by Crippen LogP contribution is 2.42. The van der Waals surface area contributed by atoms with Crippen molar-refractivity contribution in [2.75, 3.05) is 12.4 Å². The van der Waals surface area contributed by atoms with E-state index >= 15 is 0 Å². The van der Waals surface area contributed by atoms with Gasteiger partial charge in [-0.25, -0.2) is 4.39 Å². The summed E-state index contributed by atoms with van der Waals surface area (Å²) < 4.78 is 19.1. The zero-order chi connectivity index (χ0) is 14.8. The maximum atomic E-state index is 13.7. The van der Waals surface area contributed by atoms with Gasteiger partial charge < -0.3 is 10.1 Å². The van der Waals surface area contributed by atoms with Crippen molar-refractivity contribution in [2.24, 2.45) is 0 Å². The molecule has 2 aromatic carbocycles. The predicted octanol–water partition coefficient (Wildman–Crippen LogP) is 4.85. The van der Waals surface area contributed by atoms with E-state index in [2.05, 4.69) is 11.4 Å². The van der Waals surface area contributed by atoms with Gasteiger partial charge in [0.25, 0.3) is 0 Å². The van der Waals surface area contributed by atoms with Crippen molar-refractivity contribution in [1.82, 2.24) is 0 Å². The molecule has 0 atom stereocenters. The van der Waals surface area contributed by atoms with E-state index in [4.69, 9.17) is 16.3 Å². The van der Waals surface area contributed by atoms with Gasteiger partial charge >= 0.3 is 0 Å². The van der Waals surface area contributed by atoms with Crippen LogP contribution in [-0.2, 0) is 0 Å². The summed E-state index contributed by atoms with van der Waals surface area (Å²) >= 11 is 6.03. The molecule has 110 valence electrons. The SMILES string of the molecule is COc1ccccc1C1CC(Nc2c(F)cccc2Cl)C1. The molecule has 1 aliphatic carbocycles. The lowest BCUT2D eigenvalue weighted by atomic mass is 9.75. The first-order valence-electron chi connectivity index (χ1n) is 7.02. The Morgan fingerprint density at radius 3 is 2.62 bits per heavy atom. The molecule has 1 aliphatic rings. The Morgan fingerprint density at radius 2 is 1.90 bits per heavy atom. The molecule has 0 bridgehead atoms. The quantitative estimate of drug-likeness (QED) is 0.872. The second-order valence-electron chi connectivity index (χ2n) is 5.35. The zero-order valence-electron chi connectivity index (χ0n) is 11.8. The summed E-state index contributed by atoms with van der Waals surface area (Å²) in [6.45, 7) is 0. The summed E-state index contributed by atoms with van der Waals surface area (Å²) in [5.74, 6) is 1.07. The van der Waals surface area contributed by atoms with E-state index in [9.17, 15) is 4.39 Å². The lowest BCUT2D eigenvalue weighted by Gasteiger charge is -2.37. The van der Waals surface area contributed by atoms with Crippen molar-refractivity contribution in [3.8, 4) is 5.75 Å². The third-order valence-electron chi connectivity index (χ3n) is 4.03. The van der Waals surface area contributed by atoms with Crippen LogP contribution in [0, 0.1) is 5.82 Å². The fourth-order valence-electron chi connectivity index (χ4n) is 2.83. The maximum absolute atomic E-state index is 13.7. The molecule has 2 nitrogen and oxygen atoms in total. The zero-order valence-corrected chi connectivity index (χ0v) is 12.5. The van der Waals surface area contributed by atoms with E-state index in [1.54, 1.807) is 19.2 Å². The first kappa shape index (κ1) is 14.2. The maximum Gasteiger partial charge on any atom is 0.147 e. The molecule has 1 N–H and O–H groups in total. The van der Waals surface area contributed by atoms with Crippen LogP contribution in [0.15, 0.2) is 42.5 Å². The molecule has 1 fully saturated rings. The number of para-hydroxylation sites is 2. The Bertz CT molecular complexity index is 620. The average molecular weight is 306 g/mol. The second-order valence-corrected chi connectivity index (χ2v) is 5.76. The van der Waals surface area contributed by atoms with Gasteiger partial charge in [-0.05, 0) is 42.5 Å². The Morgan fingerprint density at radius 1 is 1.14 bits per heavy atom. The summed E-state index contributed by atoms with van der Waals surface area (Å²) in [6, 6.07) is 13.0. The van der Waals surface area contributed by atoms with Gasteiger partial charge in [0.2, 0.25) is 0 Å². The molecule has 21 heavy (non-hydrogen) atoms. The first-order chi connectivity index (χ1) is 10.2. The van der Waals surface area contributed by atoms with Crippen molar-refractivity contribution < 1.29 is 9.13 Å². The Hall–Kier alpha value is -1.74. The molecule has 0 amide bonds. The minimum absolute atomic E-state index is 0.245. The standard InChI is InChI=1S/C17H17ClFNO/c1-21-16-8-3-2-5-13(16)11-9-12(10-11)20-17-14(18)6-4-7-15(17)19/h2-8,11-12,20H,9-10H2,1H3. The van der Waals surface area contributed by atoms with Crippen LogP contribution in [0.3, 0.4) is 0 Å². The number of ether oxygens (including phenoxy) is 1. The number of anilines is 1. The van der Waals surface area contributed by atoms with Crippen LogP contribution < -0.4 is 10.1 Å². The molecule has 2 aromatic rings. The van der Waals surface area contributed by atoms with Gasteiger partial charge in [-0.2, -0.15) is 0 Å². The van der Waals surface area contributed by atoms with Crippen molar-refractivity contribution in [1.29, 1.82) is 0 Å². The second kappa shape index (κ2) is 5.94. The van der Waals surface area contributed by atoms with Gasteiger partial charge in [0, 0.05) is 6.04 Å². The summed E-state index contributed by atoms with van der Waals surface area (Å²) in [6.07, 6.45) is 1.90. The van der Waals surface area contributed by atoms with E-state index in [1.807, 2.05) is 18.2 Å². The van der Waals surface area contributed by atoms with Gasteiger partial charge in [0.05, 0.1) is 17.8 Å². The Balaban J connectivity index is 1.66. The monoisotopic (exact) mass is 305 g/mol. The van der Waals surface area contributed by atoms with E-state index in [0.29, 0.717) is 16.6 Å². The molecule has 0 radical (unpaired) electrons. The first-order valence-corrected chi connectivity index (χ1v) is 7.40. The molecule has 3 rings (SSSR count). The summed E-state index contributed by atoms with van der Waals surface area (Å²) in [5.41, 5.74) is 1.63. The minimum atomic E-state index is -0.303. The molecule has 0 saturated heterocycles. The summed E-state index contributed by atoms with van der Waals surface area (Å²) in [5, 5.41) is 3.63. The number of hydrogen-bond acceptors (Lipinski definition) is 2. The number of halogens is 2. The van der Waals surface area contributed by atoms with Crippen LogP contribution >= 0.6 is 11.6 Å². The van der Waals surface area contributed by atoms with Crippen molar-refractivity contribution in [2.45, 2.75) is 24.8 Å². The number of rotatable bonds is 4. The molecule has 0 aliphatic heterocycles. The van der Waals surface area contributed by atoms with Crippen LogP contribution in [0.25, 0.3) is 0 Å². The van der Waals surface area contributed by atoms with Crippen molar-refractivity contribution in [3.05, 3.63) is 58.9 Å². The molecule has 0 aromatic heterocycles. The van der Waals surface area contributed by atoms with E-state index in [1.165, 1.54) is 11.6 Å². The average Bonchev–Trinajstić information content (AvgIpc) is 2.45. The highest BCUT2D eigenvalue weighted by molar-refractivity contribution is 6.33. The Labute approximate surface area is 128 Å². The van der Waals surface area contributed by atoms with Crippen LogP contribution in [0.1, 0.15) is 24.3 Å². The lowest BCUT2D eigenvalue weighted by molar-refractivity contribution is 0.349. The molecule has 0 spiro atoms. The highest BCUT2D eigenvalue weighted by atomic mass is 35.5. The third-order valence-corrected chi connectivity index (χ3v) is 4.34. The van der Waals surface area contributed by atoms with Crippen LogP contribution in [0.2, 0.25) is 5.02 Å². The molecule has 0 heterocycles. The van der Waals surface area contributed by atoms with E-state index in [0.717, 1.165) is 18.6 Å². The molecular formula is C17H17ClFNO.